The third kappa shape index (κ3) is 3.70. The van der Waals surface area contributed by atoms with Crippen LogP contribution in [0.5, 0.6) is 0 Å². The molecule has 1 aromatic rings. The predicted molar refractivity (Wildman–Crippen MR) is 76.5 cm³/mol. The van der Waals surface area contributed by atoms with Gasteiger partial charge in [-0.3, -0.25) is 4.79 Å². The third-order valence-electron chi connectivity index (χ3n) is 3.85. The highest BCUT2D eigenvalue weighted by Gasteiger charge is 2.42. The van der Waals surface area contributed by atoms with E-state index in [1.165, 1.54) is 12.8 Å². The lowest BCUT2D eigenvalue weighted by molar-refractivity contribution is 0.0938. The second kappa shape index (κ2) is 6.06. The van der Waals surface area contributed by atoms with Crippen LogP contribution in [0.25, 0.3) is 0 Å². The van der Waals surface area contributed by atoms with Crippen LogP contribution in [-0.4, -0.2) is 33.2 Å². The topological polar surface area (TPSA) is 50.4 Å². The van der Waals surface area contributed by atoms with Gasteiger partial charge in [0.05, 0.1) is 0 Å². The maximum Gasteiger partial charge on any atom is 0.251 e. The van der Waals surface area contributed by atoms with Gasteiger partial charge in [0.1, 0.15) is 0 Å². The van der Waals surface area contributed by atoms with E-state index in [0.717, 1.165) is 25.3 Å². The molecule has 104 valence electrons. The Bertz CT molecular complexity index is 424. The van der Waals surface area contributed by atoms with E-state index < -0.39 is 0 Å². The Morgan fingerprint density at radius 1 is 1.32 bits per heavy atom. The zero-order valence-electron chi connectivity index (χ0n) is 11.7. The fourth-order valence-corrected chi connectivity index (χ4v) is 2.17. The van der Waals surface area contributed by atoms with Crippen molar-refractivity contribution in [3.8, 4) is 0 Å². The van der Waals surface area contributed by atoms with Crippen LogP contribution in [0.3, 0.4) is 0 Å². The van der Waals surface area contributed by atoms with Crippen molar-refractivity contribution in [2.24, 2.45) is 5.41 Å². The Morgan fingerprint density at radius 2 is 2.00 bits per heavy atom. The van der Waals surface area contributed by atoms with Crippen molar-refractivity contribution in [2.45, 2.75) is 19.3 Å². The molecular weight excluding hydrogens is 240 g/mol. The molecule has 0 saturated heterocycles. The van der Waals surface area contributed by atoms with E-state index in [-0.39, 0.29) is 11.3 Å². The van der Waals surface area contributed by atoms with Crippen LogP contribution in [0.1, 0.15) is 29.6 Å². The SMILES string of the molecule is CNc1ccc(C(=O)NCC2(CCOC)CC2)cc1. The first-order chi connectivity index (χ1) is 9.19. The molecule has 0 bridgehead atoms. The Morgan fingerprint density at radius 3 is 2.53 bits per heavy atom. The fraction of sp³-hybridized carbons (Fsp3) is 0.533. The number of carbonyl (C=O) groups excluding carboxylic acids is 1. The standard InChI is InChI=1S/C15H22N2O2/c1-16-13-5-3-12(4-6-13)14(18)17-11-15(7-8-15)9-10-19-2/h3-6,16H,7-11H2,1-2H3,(H,17,18). The van der Waals surface area contributed by atoms with E-state index in [4.69, 9.17) is 4.74 Å². The molecule has 2 rings (SSSR count). The zero-order valence-corrected chi connectivity index (χ0v) is 11.7. The number of benzene rings is 1. The molecule has 0 radical (unpaired) electrons. The highest BCUT2D eigenvalue weighted by atomic mass is 16.5. The largest absolute Gasteiger partial charge is 0.388 e. The predicted octanol–water partition coefficient (Wildman–Crippen LogP) is 2.27. The van der Waals surface area contributed by atoms with Gasteiger partial charge in [0, 0.05) is 38.6 Å². The first kappa shape index (κ1) is 13.9. The maximum atomic E-state index is 12.0. The molecule has 4 heteroatoms. The lowest BCUT2D eigenvalue weighted by atomic mass is 10.0. The van der Waals surface area contributed by atoms with E-state index in [9.17, 15) is 4.79 Å². The molecule has 0 atom stereocenters. The van der Waals surface area contributed by atoms with Crippen LogP contribution < -0.4 is 10.6 Å². The quantitative estimate of drug-likeness (QED) is 0.792. The summed E-state index contributed by atoms with van der Waals surface area (Å²) in [5.74, 6) is 0.00587. The summed E-state index contributed by atoms with van der Waals surface area (Å²) in [6, 6.07) is 7.51. The Balaban J connectivity index is 1.83. The van der Waals surface area contributed by atoms with Crippen LogP contribution >= 0.6 is 0 Å². The van der Waals surface area contributed by atoms with Gasteiger partial charge in [0.15, 0.2) is 0 Å². The lowest BCUT2D eigenvalue weighted by Gasteiger charge is -2.15. The number of hydrogen-bond donors (Lipinski definition) is 2. The summed E-state index contributed by atoms with van der Waals surface area (Å²) >= 11 is 0. The normalized spacial score (nSPS) is 15.9. The van der Waals surface area contributed by atoms with Crippen molar-refractivity contribution >= 4 is 11.6 Å². The molecule has 4 nitrogen and oxygen atoms in total. The zero-order chi connectivity index (χ0) is 13.7. The first-order valence-corrected chi connectivity index (χ1v) is 6.74. The average molecular weight is 262 g/mol. The van der Waals surface area contributed by atoms with Gasteiger partial charge in [0.25, 0.3) is 5.91 Å². The molecular formula is C15H22N2O2. The van der Waals surface area contributed by atoms with Gasteiger partial charge in [-0.2, -0.15) is 0 Å². The highest BCUT2D eigenvalue weighted by Crippen LogP contribution is 2.48. The number of nitrogens with one attached hydrogen (secondary N) is 2. The van der Waals surface area contributed by atoms with Gasteiger partial charge in [-0.25, -0.2) is 0 Å². The van der Waals surface area contributed by atoms with Gasteiger partial charge in [-0.05, 0) is 48.9 Å². The van der Waals surface area contributed by atoms with Gasteiger partial charge < -0.3 is 15.4 Å². The maximum absolute atomic E-state index is 12.0. The molecule has 0 heterocycles. The molecule has 0 aliphatic heterocycles. The number of ether oxygens (including phenoxy) is 1. The molecule has 1 fully saturated rings. The summed E-state index contributed by atoms with van der Waals surface area (Å²) in [7, 11) is 3.58. The van der Waals surface area contributed by atoms with Crippen molar-refractivity contribution < 1.29 is 9.53 Å². The van der Waals surface area contributed by atoms with Crippen LogP contribution in [-0.2, 0) is 4.74 Å². The number of rotatable bonds is 7. The van der Waals surface area contributed by atoms with E-state index in [1.807, 2.05) is 31.3 Å². The summed E-state index contributed by atoms with van der Waals surface area (Å²) in [6.07, 6.45) is 3.41. The highest BCUT2D eigenvalue weighted by molar-refractivity contribution is 5.94. The molecule has 1 aliphatic carbocycles. The van der Waals surface area contributed by atoms with Gasteiger partial charge in [-0.15, -0.1) is 0 Å². The van der Waals surface area contributed by atoms with Crippen LogP contribution in [0.2, 0.25) is 0 Å². The average Bonchev–Trinajstić information content (AvgIpc) is 3.23. The molecule has 19 heavy (non-hydrogen) atoms. The third-order valence-corrected chi connectivity index (χ3v) is 3.85. The Labute approximate surface area is 114 Å². The number of hydrogen-bond acceptors (Lipinski definition) is 3. The van der Waals surface area contributed by atoms with E-state index >= 15 is 0 Å². The summed E-state index contributed by atoms with van der Waals surface area (Å²) in [5, 5.41) is 6.07. The van der Waals surface area contributed by atoms with Gasteiger partial charge in [-0.1, -0.05) is 0 Å². The van der Waals surface area contributed by atoms with Crippen LogP contribution in [0.4, 0.5) is 5.69 Å². The molecule has 1 amide bonds. The summed E-state index contributed by atoms with van der Waals surface area (Å²) in [6.45, 7) is 1.52. The molecule has 0 spiro atoms. The minimum absolute atomic E-state index is 0.00587. The number of methoxy groups -OCH3 is 1. The van der Waals surface area contributed by atoms with E-state index in [1.54, 1.807) is 7.11 Å². The van der Waals surface area contributed by atoms with Crippen molar-refractivity contribution in [3.05, 3.63) is 29.8 Å². The Kier molecular flexibility index (Phi) is 4.43. The van der Waals surface area contributed by atoms with Crippen LogP contribution in [0.15, 0.2) is 24.3 Å². The first-order valence-electron chi connectivity index (χ1n) is 6.74. The summed E-state index contributed by atoms with van der Waals surface area (Å²) in [5.41, 5.74) is 2.01. The molecule has 1 aromatic carbocycles. The second-order valence-electron chi connectivity index (χ2n) is 5.25. The van der Waals surface area contributed by atoms with Crippen LogP contribution in [0, 0.1) is 5.41 Å². The monoisotopic (exact) mass is 262 g/mol. The van der Waals surface area contributed by atoms with Crippen molar-refractivity contribution in [1.82, 2.24) is 5.32 Å². The molecule has 0 unspecified atom stereocenters. The number of amides is 1. The van der Waals surface area contributed by atoms with Crippen molar-refractivity contribution in [3.63, 3.8) is 0 Å². The van der Waals surface area contributed by atoms with Crippen molar-refractivity contribution in [2.75, 3.05) is 32.6 Å². The number of carbonyl (C=O) groups is 1. The van der Waals surface area contributed by atoms with E-state index in [2.05, 4.69) is 10.6 Å². The lowest BCUT2D eigenvalue weighted by Crippen LogP contribution is -2.30. The minimum Gasteiger partial charge on any atom is -0.388 e. The molecule has 0 aromatic heterocycles. The van der Waals surface area contributed by atoms with Gasteiger partial charge >= 0.3 is 0 Å². The Hall–Kier alpha value is -1.55. The summed E-state index contributed by atoms with van der Waals surface area (Å²) < 4.78 is 5.12. The molecule has 2 N–H and O–H groups in total. The fourth-order valence-electron chi connectivity index (χ4n) is 2.17. The summed E-state index contributed by atoms with van der Waals surface area (Å²) in [4.78, 5) is 12.0. The molecule has 1 saturated carbocycles. The van der Waals surface area contributed by atoms with Crippen molar-refractivity contribution in [1.29, 1.82) is 0 Å². The smallest absolute Gasteiger partial charge is 0.251 e. The van der Waals surface area contributed by atoms with Gasteiger partial charge in [0.2, 0.25) is 0 Å². The second-order valence-corrected chi connectivity index (χ2v) is 5.25. The van der Waals surface area contributed by atoms with E-state index in [0.29, 0.717) is 5.56 Å². The minimum atomic E-state index is 0.00587. The molecule has 1 aliphatic rings. The number of anilines is 1.